The molecule has 0 aliphatic heterocycles. The number of aryl methyl sites for hydroxylation is 2. The number of nitro benzene ring substituents is 1. The summed E-state index contributed by atoms with van der Waals surface area (Å²) in [6.45, 7) is 1.70. The summed E-state index contributed by atoms with van der Waals surface area (Å²) >= 11 is 5.96. The molecule has 9 nitrogen and oxygen atoms in total. The fraction of sp³-hybridized carbons (Fsp3) is 0.214. The van der Waals surface area contributed by atoms with E-state index in [9.17, 15) is 19.7 Å². The minimum absolute atomic E-state index is 0.0685. The fourth-order valence-corrected chi connectivity index (χ4v) is 2.84. The molecule has 0 saturated carbocycles. The van der Waals surface area contributed by atoms with Gasteiger partial charge in [-0.15, -0.1) is 0 Å². The van der Waals surface area contributed by atoms with E-state index in [1.165, 1.54) is 16.5 Å². The molecule has 1 aromatic carbocycles. The van der Waals surface area contributed by atoms with Crippen molar-refractivity contribution >= 4 is 39.9 Å². The summed E-state index contributed by atoms with van der Waals surface area (Å²) in [6, 6.07) is 2.57. The molecule has 124 valence electrons. The van der Waals surface area contributed by atoms with Crippen LogP contribution in [0.25, 0.3) is 16.7 Å². The molecule has 0 aliphatic rings. The largest absolute Gasteiger partial charge is 0.481 e. The summed E-state index contributed by atoms with van der Waals surface area (Å²) in [6.07, 6.45) is 0.0529. The van der Waals surface area contributed by atoms with Crippen molar-refractivity contribution in [2.45, 2.75) is 19.8 Å². The van der Waals surface area contributed by atoms with Gasteiger partial charge in [-0.3, -0.25) is 24.1 Å². The zero-order valence-electron chi connectivity index (χ0n) is 12.4. The predicted molar refractivity (Wildman–Crippen MR) is 85.7 cm³/mol. The summed E-state index contributed by atoms with van der Waals surface area (Å²) in [5.74, 6) is -0.969. The highest BCUT2D eigenvalue weighted by Gasteiger charge is 2.19. The molecule has 0 radical (unpaired) electrons. The fourth-order valence-electron chi connectivity index (χ4n) is 2.61. The number of hydrogen-bond donors (Lipinski definition) is 2. The maximum atomic E-state index is 12.2. The van der Waals surface area contributed by atoms with Gasteiger partial charge in [0.05, 0.1) is 28.1 Å². The van der Waals surface area contributed by atoms with Crippen molar-refractivity contribution in [1.82, 2.24) is 14.4 Å². The van der Waals surface area contributed by atoms with Gasteiger partial charge in [0.25, 0.3) is 11.2 Å². The Hall–Kier alpha value is -2.94. The van der Waals surface area contributed by atoms with Crippen LogP contribution in [0.15, 0.2) is 16.9 Å². The number of nitrogens with one attached hydrogen (secondary N) is 1. The number of aromatic nitrogens is 3. The number of carboxylic acid groups (broad SMARTS) is 1. The van der Waals surface area contributed by atoms with E-state index in [0.29, 0.717) is 16.9 Å². The van der Waals surface area contributed by atoms with Crippen molar-refractivity contribution in [3.8, 4) is 0 Å². The first kappa shape index (κ1) is 15.9. The lowest BCUT2D eigenvalue weighted by molar-refractivity contribution is -0.384. The Morgan fingerprint density at radius 1 is 1.50 bits per heavy atom. The number of rotatable bonds is 4. The van der Waals surface area contributed by atoms with Crippen LogP contribution in [0.3, 0.4) is 0 Å². The average molecular weight is 351 g/mol. The topological polar surface area (TPSA) is 131 Å². The van der Waals surface area contributed by atoms with E-state index >= 15 is 0 Å². The highest BCUT2D eigenvalue weighted by molar-refractivity contribution is 6.33. The number of carbonyl (C=O) groups is 1. The van der Waals surface area contributed by atoms with Gasteiger partial charge in [-0.1, -0.05) is 11.6 Å². The molecule has 0 unspecified atom stereocenters. The minimum Gasteiger partial charge on any atom is -0.481 e. The van der Waals surface area contributed by atoms with Crippen LogP contribution in [0.1, 0.15) is 17.8 Å². The number of aromatic amines is 1. The van der Waals surface area contributed by atoms with Gasteiger partial charge in [0, 0.05) is 18.2 Å². The van der Waals surface area contributed by atoms with Crippen LogP contribution in [-0.2, 0) is 11.2 Å². The first-order valence-corrected chi connectivity index (χ1v) is 7.27. The SMILES string of the molecule is Cc1c(CCC(=O)O)nc2c(=O)[nH]c3cc([N+](=O)[O-])c(Cl)cc3n12. The molecule has 24 heavy (non-hydrogen) atoms. The first-order chi connectivity index (χ1) is 11.3. The third-order valence-electron chi connectivity index (χ3n) is 3.74. The number of H-pyrrole nitrogens is 1. The van der Waals surface area contributed by atoms with Crippen molar-refractivity contribution in [3.63, 3.8) is 0 Å². The van der Waals surface area contributed by atoms with Gasteiger partial charge < -0.3 is 10.1 Å². The van der Waals surface area contributed by atoms with Crippen LogP contribution in [0.4, 0.5) is 5.69 Å². The van der Waals surface area contributed by atoms with Gasteiger partial charge in [-0.25, -0.2) is 4.98 Å². The zero-order valence-corrected chi connectivity index (χ0v) is 13.1. The monoisotopic (exact) mass is 350 g/mol. The quantitative estimate of drug-likeness (QED) is 0.547. The number of carboxylic acids is 1. The first-order valence-electron chi connectivity index (χ1n) is 6.89. The van der Waals surface area contributed by atoms with E-state index in [2.05, 4.69) is 9.97 Å². The highest BCUT2D eigenvalue weighted by Crippen LogP contribution is 2.29. The third-order valence-corrected chi connectivity index (χ3v) is 4.04. The molecular formula is C14H11ClN4O5. The molecule has 2 N–H and O–H groups in total. The van der Waals surface area contributed by atoms with E-state index in [-0.39, 0.29) is 34.7 Å². The van der Waals surface area contributed by atoms with E-state index < -0.39 is 16.5 Å². The Morgan fingerprint density at radius 2 is 2.21 bits per heavy atom. The van der Waals surface area contributed by atoms with Crippen LogP contribution in [0.2, 0.25) is 5.02 Å². The Labute approximate surface area is 138 Å². The second-order valence-corrected chi connectivity index (χ2v) is 5.64. The number of hydrogen-bond acceptors (Lipinski definition) is 5. The van der Waals surface area contributed by atoms with Gasteiger partial charge in [-0.05, 0) is 13.0 Å². The van der Waals surface area contributed by atoms with Gasteiger partial charge >= 0.3 is 5.97 Å². The average Bonchev–Trinajstić information content (AvgIpc) is 2.83. The second-order valence-electron chi connectivity index (χ2n) is 5.23. The van der Waals surface area contributed by atoms with E-state index in [1.54, 1.807) is 6.92 Å². The Morgan fingerprint density at radius 3 is 2.83 bits per heavy atom. The normalized spacial score (nSPS) is 11.2. The van der Waals surface area contributed by atoms with Gasteiger partial charge in [0.1, 0.15) is 5.02 Å². The minimum atomic E-state index is -0.969. The smallest absolute Gasteiger partial charge is 0.303 e. The lowest BCUT2D eigenvalue weighted by atomic mass is 10.2. The van der Waals surface area contributed by atoms with E-state index in [4.69, 9.17) is 16.7 Å². The molecule has 0 amide bonds. The maximum Gasteiger partial charge on any atom is 0.303 e. The summed E-state index contributed by atoms with van der Waals surface area (Å²) in [4.78, 5) is 40.0. The van der Waals surface area contributed by atoms with Crippen molar-refractivity contribution in [1.29, 1.82) is 0 Å². The number of nitrogens with zero attached hydrogens (tertiary/aromatic N) is 3. The molecular weight excluding hydrogens is 340 g/mol. The van der Waals surface area contributed by atoms with Gasteiger partial charge in [0.15, 0.2) is 0 Å². The second kappa shape index (κ2) is 5.60. The van der Waals surface area contributed by atoms with Crippen molar-refractivity contribution < 1.29 is 14.8 Å². The van der Waals surface area contributed by atoms with Crippen LogP contribution >= 0.6 is 11.6 Å². The lowest BCUT2D eigenvalue weighted by Gasteiger charge is -2.05. The number of benzene rings is 1. The predicted octanol–water partition coefficient (Wildman–Crippen LogP) is 2.06. The van der Waals surface area contributed by atoms with Gasteiger partial charge in [0.2, 0.25) is 5.65 Å². The molecule has 0 atom stereocenters. The summed E-state index contributed by atoms with van der Waals surface area (Å²) < 4.78 is 1.53. The molecule has 3 aromatic rings. The maximum absolute atomic E-state index is 12.2. The molecule has 0 fully saturated rings. The molecule has 3 rings (SSSR count). The standard InChI is InChI=1S/C14H11ClN4O5/c1-6-8(2-3-12(20)21)16-13-14(22)17-9-5-10(19(23)24)7(15)4-11(9)18(6)13/h4-5H,2-3H2,1H3,(H,17,22)(H,20,21). The molecule has 0 saturated heterocycles. The number of halogens is 1. The Balaban J connectivity index is 2.33. The molecule has 10 heteroatoms. The Bertz CT molecular complexity index is 1070. The van der Waals surface area contributed by atoms with Crippen LogP contribution < -0.4 is 5.56 Å². The number of fused-ring (bicyclic) bond motifs is 3. The molecule has 2 heterocycles. The molecule has 2 aromatic heterocycles. The van der Waals surface area contributed by atoms with E-state index in [1.807, 2.05) is 0 Å². The van der Waals surface area contributed by atoms with Crippen molar-refractivity contribution in [2.75, 3.05) is 0 Å². The Kier molecular flexibility index (Phi) is 3.72. The van der Waals surface area contributed by atoms with Crippen LogP contribution in [0, 0.1) is 17.0 Å². The highest BCUT2D eigenvalue weighted by atomic mass is 35.5. The molecule has 0 bridgehead atoms. The lowest BCUT2D eigenvalue weighted by Crippen LogP contribution is -2.11. The summed E-state index contributed by atoms with van der Waals surface area (Å²) in [5.41, 5.74) is 1.01. The van der Waals surface area contributed by atoms with Crippen LogP contribution in [0.5, 0.6) is 0 Å². The summed E-state index contributed by atoms with van der Waals surface area (Å²) in [7, 11) is 0. The van der Waals surface area contributed by atoms with Gasteiger partial charge in [-0.2, -0.15) is 0 Å². The number of aliphatic carboxylic acids is 1. The van der Waals surface area contributed by atoms with E-state index in [0.717, 1.165) is 0 Å². The van der Waals surface area contributed by atoms with Crippen molar-refractivity contribution in [2.24, 2.45) is 0 Å². The molecule has 0 spiro atoms. The third kappa shape index (κ3) is 2.48. The number of imidazole rings is 1. The van der Waals surface area contributed by atoms with Crippen molar-refractivity contribution in [3.05, 3.63) is 49.0 Å². The molecule has 0 aliphatic carbocycles. The zero-order chi connectivity index (χ0) is 17.6. The number of nitro groups is 1. The summed E-state index contributed by atoms with van der Waals surface area (Å²) in [5, 5.41) is 19.7. The van der Waals surface area contributed by atoms with Crippen LogP contribution in [-0.4, -0.2) is 30.4 Å².